The van der Waals surface area contributed by atoms with Gasteiger partial charge in [-0.25, -0.2) is 9.36 Å². The molecule has 0 rings (SSSR count). The maximum Gasteiger partial charge on any atom is 0.530 e. The molecule has 0 fully saturated rings. The van der Waals surface area contributed by atoms with E-state index < -0.39 is 26.2 Å². The molecule has 0 amide bonds. The van der Waals surface area contributed by atoms with Gasteiger partial charge in [0.1, 0.15) is 12.4 Å². The molecule has 6 nitrogen and oxygen atoms in total. The Morgan fingerprint density at radius 2 is 2.00 bits per heavy atom. The summed E-state index contributed by atoms with van der Waals surface area (Å²) in [6.07, 6.45) is 0. The summed E-state index contributed by atoms with van der Waals surface area (Å²) >= 11 is 0. The van der Waals surface area contributed by atoms with E-state index in [4.69, 9.17) is 10.00 Å². The van der Waals surface area contributed by atoms with Gasteiger partial charge in [0, 0.05) is 5.57 Å². The number of carbonyl (C=O) groups excluding carboxylic acids is 1. The smallest absolute Gasteiger partial charge is 0.510 e. The van der Waals surface area contributed by atoms with Crippen LogP contribution in [0.1, 0.15) is 6.92 Å². The van der Waals surface area contributed by atoms with E-state index in [1.165, 1.54) is 6.92 Å². The van der Waals surface area contributed by atoms with Gasteiger partial charge in [0.15, 0.2) is 0 Å². The third-order valence-corrected chi connectivity index (χ3v) is 1.79. The van der Waals surface area contributed by atoms with Gasteiger partial charge in [-0.3, -0.25) is 9.42 Å². The van der Waals surface area contributed by atoms with E-state index >= 15 is 0 Å². The molecule has 0 bridgehead atoms. The fraction of sp³-hybridized carbons (Fsp3) is 0.286. The molecule has 0 aromatic carbocycles. The number of rotatable bonds is 5. The van der Waals surface area contributed by atoms with Crippen molar-refractivity contribution in [3.63, 3.8) is 0 Å². The Balaban J connectivity index is 4.21. The molecule has 0 aromatic rings. The average Bonchev–Trinajstić information content (AvgIpc) is 2.00. The first-order valence-electron chi connectivity index (χ1n) is 3.48. The molecule has 0 saturated heterocycles. The molecule has 0 heterocycles. The zero-order chi connectivity index (χ0) is 11.4. The van der Waals surface area contributed by atoms with E-state index in [-0.39, 0.29) is 5.57 Å². The standard InChI is InChI=1S/C7H11O6P/c1-5(2)7(9)13-14(10,11)12-4-6(3)8/h8H,1,3-4H2,2H3,(H,10,11). The highest BCUT2D eigenvalue weighted by Crippen LogP contribution is 2.43. The zero-order valence-corrected chi connectivity index (χ0v) is 8.49. The van der Waals surface area contributed by atoms with Gasteiger partial charge >= 0.3 is 13.8 Å². The molecule has 2 N–H and O–H groups in total. The highest BCUT2D eigenvalue weighted by atomic mass is 31.2. The number of hydrogen-bond donors (Lipinski definition) is 2. The predicted molar refractivity (Wildman–Crippen MR) is 48.5 cm³/mol. The summed E-state index contributed by atoms with van der Waals surface area (Å²) in [4.78, 5) is 19.7. The first-order chi connectivity index (χ1) is 6.24. The molecule has 1 unspecified atom stereocenters. The molecule has 0 spiro atoms. The van der Waals surface area contributed by atoms with Crippen LogP contribution in [0.3, 0.4) is 0 Å². The Kier molecular flexibility index (Phi) is 4.56. The number of hydrogen-bond acceptors (Lipinski definition) is 5. The predicted octanol–water partition coefficient (Wildman–Crippen LogP) is 1.29. The third kappa shape index (κ3) is 5.53. The number of carbonyl (C=O) groups is 1. The highest BCUT2D eigenvalue weighted by Gasteiger charge is 2.26. The van der Waals surface area contributed by atoms with E-state index in [0.29, 0.717) is 0 Å². The van der Waals surface area contributed by atoms with Crippen LogP contribution in [0.5, 0.6) is 0 Å². The maximum absolute atomic E-state index is 10.9. The zero-order valence-electron chi connectivity index (χ0n) is 7.60. The first-order valence-corrected chi connectivity index (χ1v) is 4.97. The average molecular weight is 222 g/mol. The lowest BCUT2D eigenvalue weighted by atomic mass is 10.4. The second kappa shape index (κ2) is 4.95. The van der Waals surface area contributed by atoms with Crippen molar-refractivity contribution in [1.82, 2.24) is 0 Å². The number of phosphoric ester groups is 1. The normalized spacial score (nSPS) is 14.1. The number of phosphoric acid groups is 1. The minimum Gasteiger partial charge on any atom is -0.510 e. The lowest BCUT2D eigenvalue weighted by Crippen LogP contribution is -2.06. The molecule has 0 saturated carbocycles. The number of aliphatic hydroxyl groups is 1. The Hall–Kier alpha value is -1.10. The van der Waals surface area contributed by atoms with Gasteiger partial charge in [0.25, 0.3) is 0 Å². The Morgan fingerprint density at radius 1 is 1.50 bits per heavy atom. The molecule has 7 heteroatoms. The quantitative estimate of drug-likeness (QED) is 0.413. The Morgan fingerprint density at radius 3 is 2.36 bits per heavy atom. The molecule has 0 aliphatic carbocycles. The Labute approximate surface area is 81.1 Å². The molecule has 1 atom stereocenters. The van der Waals surface area contributed by atoms with Crippen molar-refractivity contribution in [3.05, 3.63) is 24.5 Å². The molecular formula is C7H11O6P. The largest absolute Gasteiger partial charge is 0.530 e. The van der Waals surface area contributed by atoms with Crippen LogP contribution >= 0.6 is 7.82 Å². The van der Waals surface area contributed by atoms with Crippen LogP contribution in [0.4, 0.5) is 0 Å². The van der Waals surface area contributed by atoms with E-state index in [1.807, 2.05) is 0 Å². The summed E-state index contributed by atoms with van der Waals surface area (Å²) in [5, 5.41) is 8.55. The van der Waals surface area contributed by atoms with Crippen LogP contribution < -0.4 is 0 Å². The minimum absolute atomic E-state index is 0.0364. The van der Waals surface area contributed by atoms with E-state index in [1.54, 1.807) is 0 Å². The van der Waals surface area contributed by atoms with Crippen molar-refractivity contribution in [3.8, 4) is 0 Å². The lowest BCUT2D eigenvalue weighted by Gasteiger charge is -2.10. The second-order valence-electron chi connectivity index (χ2n) is 2.47. The van der Waals surface area contributed by atoms with E-state index in [2.05, 4.69) is 22.2 Å². The van der Waals surface area contributed by atoms with Crippen molar-refractivity contribution in [2.75, 3.05) is 6.61 Å². The van der Waals surface area contributed by atoms with Crippen LogP contribution in [0.25, 0.3) is 0 Å². The topological polar surface area (TPSA) is 93.1 Å². The summed E-state index contributed by atoms with van der Waals surface area (Å²) in [5.41, 5.74) is -0.0364. The summed E-state index contributed by atoms with van der Waals surface area (Å²) in [6.45, 7) is 6.94. The van der Waals surface area contributed by atoms with Gasteiger partial charge in [-0.2, -0.15) is 0 Å². The molecule has 0 aliphatic heterocycles. The fourth-order valence-corrected chi connectivity index (χ4v) is 1.10. The van der Waals surface area contributed by atoms with Crippen LogP contribution in [0.15, 0.2) is 24.5 Å². The van der Waals surface area contributed by atoms with Crippen LogP contribution in [0.2, 0.25) is 0 Å². The second-order valence-corrected chi connectivity index (χ2v) is 3.85. The lowest BCUT2D eigenvalue weighted by molar-refractivity contribution is -0.131. The summed E-state index contributed by atoms with van der Waals surface area (Å²) in [7, 11) is -4.49. The Bertz CT molecular complexity index is 307. The van der Waals surface area contributed by atoms with Crippen LogP contribution in [-0.4, -0.2) is 22.6 Å². The molecule has 0 aliphatic rings. The van der Waals surface area contributed by atoms with Crippen molar-refractivity contribution in [2.24, 2.45) is 0 Å². The van der Waals surface area contributed by atoms with E-state index in [9.17, 15) is 9.36 Å². The van der Waals surface area contributed by atoms with Crippen LogP contribution in [0, 0.1) is 0 Å². The van der Waals surface area contributed by atoms with Crippen molar-refractivity contribution in [2.45, 2.75) is 6.92 Å². The highest BCUT2D eigenvalue weighted by molar-refractivity contribution is 7.48. The van der Waals surface area contributed by atoms with E-state index in [0.717, 1.165) is 0 Å². The maximum atomic E-state index is 10.9. The van der Waals surface area contributed by atoms with Crippen molar-refractivity contribution in [1.29, 1.82) is 0 Å². The number of aliphatic hydroxyl groups excluding tert-OH is 1. The molecule has 0 radical (unpaired) electrons. The molecule has 14 heavy (non-hydrogen) atoms. The third-order valence-electron chi connectivity index (χ3n) is 0.941. The van der Waals surface area contributed by atoms with Gasteiger partial charge in [-0.1, -0.05) is 13.2 Å². The van der Waals surface area contributed by atoms with Gasteiger partial charge < -0.3 is 9.63 Å². The van der Waals surface area contributed by atoms with Gasteiger partial charge in [-0.15, -0.1) is 0 Å². The van der Waals surface area contributed by atoms with Crippen molar-refractivity contribution < 1.29 is 28.4 Å². The molecule has 0 aromatic heterocycles. The van der Waals surface area contributed by atoms with Gasteiger partial charge in [0.2, 0.25) is 0 Å². The van der Waals surface area contributed by atoms with Gasteiger partial charge in [0.05, 0.1) is 0 Å². The first kappa shape index (κ1) is 12.9. The SMILES string of the molecule is C=C(O)COP(=O)(O)OC(=O)C(=C)C. The summed E-state index contributed by atoms with van der Waals surface area (Å²) in [6, 6.07) is 0. The molecular weight excluding hydrogens is 211 g/mol. The molecule has 80 valence electrons. The minimum atomic E-state index is -4.49. The summed E-state index contributed by atoms with van der Waals surface area (Å²) < 4.78 is 19.2. The van der Waals surface area contributed by atoms with Crippen LogP contribution in [-0.2, 0) is 18.4 Å². The fourth-order valence-electron chi connectivity index (χ4n) is 0.365. The monoisotopic (exact) mass is 222 g/mol. The summed E-state index contributed by atoms with van der Waals surface area (Å²) in [5.74, 6) is -1.50. The van der Waals surface area contributed by atoms with Crippen molar-refractivity contribution >= 4 is 13.8 Å². The van der Waals surface area contributed by atoms with Gasteiger partial charge in [-0.05, 0) is 6.92 Å².